The first-order chi connectivity index (χ1) is 22.3. The molecule has 3 aliphatic heterocycles. The first-order valence-corrected chi connectivity index (χ1v) is 17.1. The van der Waals surface area contributed by atoms with Gasteiger partial charge in [-0.25, -0.2) is 9.78 Å². The minimum absolute atomic E-state index is 0.0506. The number of hydrogen-bond acceptors (Lipinski definition) is 8. The van der Waals surface area contributed by atoms with E-state index in [4.69, 9.17) is 21.3 Å². The quantitative estimate of drug-likeness (QED) is 0.423. The van der Waals surface area contributed by atoms with Crippen LogP contribution in [0.15, 0.2) is 41.5 Å². The van der Waals surface area contributed by atoms with E-state index in [9.17, 15) is 9.59 Å². The zero-order valence-corrected chi connectivity index (χ0v) is 29.3. The molecular weight excluding hydrogens is 614 g/mol. The number of piperazine rings is 1. The van der Waals surface area contributed by atoms with E-state index < -0.39 is 17.2 Å². The molecule has 252 valence electrons. The number of benzene rings is 1. The lowest BCUT2D eigenvalue weighted by molar-refractivity contribution is 0.0484. The maximum absolute atomic E-state index is 13.4. The van der Waals surface area contributed by atoms with Crippen molar-refractivity contribution in [2.45, 2.75) is 84.0 Å². The van der Waals surface area contributed by atoms with Gasteiger partial charge in [-0.3, -0.25) is 14.7 Å². The van der Waals surface area contributed by atoms with Crippen LogP contribution in [0, 0.1) is 11.8 Å². The molecule has 0 bridgehead atoms. The number of rotatable bonds is 6. The third-order valence-corrected chi connectivity index (χ3v) is 9.03. The van der Waals surface area contributed by atoms with Gasteiger partial charge in [0.05, 0.1) is 17.1 Å². The molecule has 0 spiro atoms. The number of aliphatic imine (C=N–C) groups is 1. The van der Waals surface area contributed by atoms with Crippen molar-refractivity contribution < 1.29 is 14.3 Å². The lowest BCUT2D eigenvalue weighted by Crippen LogP contribution is -2.58. The van der Waals surface area contributed by atoms with Crippen LogP contribution in [-0.4, -0.2) is 102 Å². The molecule has 4 heterocycles. The van der Waals surface area contributed by atoms with Crippen LogP contribution in [0.1, 0.15) is 82.3 Å². The SMILES string of the molecule is CC[C@H]1CN(c2ncc(C3=NCCN3)cc2Cl)CCN1C1CCN(C(=O)c2ccc(C#CC(C)(C)NC(=O)OC(C)(C)C)cc2)CC1. The van der Waals surface area contributed by atoms with Gasteiger partial charge in [0.15, 0.2) is 0 Å². The van der Waals surface area contributed by atoms with Gasteiger partial charge < -0.3 is 25.2 Å². The van der Waals surface area contributed by atoms with Crippen LogP contribution >= 0.6 is 11.6 Å². The predicted molar refractivity (Wildman–Crippen MR) is 187 cm³/mol. The van der Waals surface area contributed by atoms with Crippen molar-refractivity contribution in [3.05, 3.63) is 58.2 Å². The number of pyridine rings is 1. The number of amides is 2. The second kappa shape index (κ2) is 14.5. The molecule has 2 aromatic rings. The summed E-state index contributed by atoms with van der Waals surface area (Å²) in [6, 6.07) is 10.2. The molecule has 2 saturated heterocycles. The summed E-state index contributed by atoms with van der Waals surface area (Å²) in [7, 11) is 0. The molecule has 2 fully saturated rings. The van der Waals surface area contributed by atoms with Gasteiger partial charge in [-0.1, -0.05) is 30.4 Å². The van der Waals surface area contributed by atoms with Crippen LogP contribution in [0.3, 0.4) is 0 Å². The maximum atomic E-state index is 13.4. The number of alkyl carbamates (subject to hydrolysis) is 1. The van der Waals surface area contributed by atoms with Crippen molar-refractivity contribution in [3.8, 4) is 11.8 Å². The zero-order chi connectivity index (χ0) is 33.8. The van der Waals surface area contributed by atoms with Crippen LogP contribution in [-0.2, 0) is 4.74 Å². The number of ether oxygens (including phenoxy) is 1. The number of carbonyl (C=O) groups is 2. The summed E-state index contributed by atoms with van der Waals surface area (Å²) in [6.45, 7) is 17.1. The number of anilines is 1. The minimum atomic E-state index is -0.775. The predicted octanol–water partition coefficient (Wildman–Crippen LogP) is 4.95. The monoisotopic (exact) mass is 661 g/mol. The van der Waals surface area contributed by atoms with Gasteiger partial charge in [0.25, 0.3) is 5.91 Å². The van der Waals surface area contributed by atoms with Gasteiger partial charge in [0.2, 0.25) is 0 Å². The fourth-order valence-electron chi connectivity index (χ4n) is 6.39. The number of amidine groups is 1. The van der Waals surface area contributed by atoms with E-state index in [0.29, 0.717) is 22.7 Å². The number of aromatic nitrogens is 1. The van der Waals surface area contributed by atoms with E-state index in [1.165, 1.54) is 0 Å². The molecule has 3 aliphatic rings. The maximum Gasteiger partial charge on any atom is 0.408 e. The summed E-state index contributed by atoms with van der Waals surface area (Å²) in [6.07, 6.45) is 4.30. The Morgan fingerprint density at radius 3 is 2.43 bits per heavy atom. The molecule has 2 N–H and O–H groups in total. The zero-order valence-electron chi connectivity index (χ0n) is 28.5. The molecule has 2 amide bonds. The van der Waals surface area contributed by atoms with Gasteiger partial charge in [0.1, 0.15) is 17.3 Å². The normalized spacial score (nSPS) is 19.4. The van der Waals surface area contributed by atoms with Crippen molar-refractivity contribution in [3.63, 3.8) is 0 Å². The number of carbonyl (C=O) groups excluding carboxylic acids is 2. The second-order valence-electron chi connectivity index (χ2n) is 14.0. The van der Waals surface area contributed by atoms with E-state index in [2.05, 4.69) is 44.2 Å². The van der Waals surface area contributed by atoms with Crippen LogP contribution in [0.4, 0.5) is 10.6 Å². The highest BCUT2D eigenvalue weighted by Crippen LogP contribution is 2.30. The van der Waals surface area contributed by atoms with Crippen molar-refractivity contribution in [2.75, 3.05) is 50.7 Å². The number of hydrogen-bond donors (Lipinski definition) is 2. The molecule has 1 atom stereocenters. The van der Waals surface area contributed by atoms with E-state index in [1.54, 1.807) is 0 Å². The Balaban J connectivity index is 1.12. The molecule has 0 aliphatic carbocycles. The van der Waals surface area contributed by atoms with E-state index in [1.807, 2.05) is 76.0 Å². The summed E-state index contributed by atoms with van der Waals surface area (Å²) in [5.41, 5.74) is 1.01. The summed E-state index contributed by atoms with van der Waals surface area (Å²) in [4.78, 5) is 41.7. The van der Waals surface area contributed by atoms with Gasteiger partial charge in [-0.15, -0.1) is 0 Å². The number of likely N-dealkylation sites (tertiary alicyclic amines) is 1. The third kappa shape index (κ3) is 8.96. The van der Waals surface area contributed by atoms with Crippen LogP contribution in [0.5, 0.6) is 0 Å². The fraction of sp³-hybridized carbons (Fsp3) is 0.556. The van der Waals surface area contributed by atoms with Crippen LogP contribution < -0.4 is 15.5 Å². The second-order valence-corrected chi connectivity index (χ2v) is 14.4. The molecule has 10 nitrogen and oxygen atoms in total. The van der Waals surface area contributed by atoms with Gasteiger partial charge in [-0.05, 0) is 84.2 Å². The summed E-state index contributed by atoms with van der Waals surface area (Å²) in [5, 5.41) is 6.74. The molecule has 1 aromatic carbocycles. The van der Waals surface area contributed by atoms with E-state index >= 15 is 0 Å². The first-order valence-electron chi connectivity index (χ1n) is 16.7. The van der Waals surface area contributed by atoms with Crippen molar-refractivity contribution in [1.29, 1.82) is 0 Å². The third-order valence-electron chi connectivity index (χ3n) is 8.75. The highest BCUT2D eigenvalue weighted by atomic mass is 35.5. The van der Waals surface area contributed by atoms with Gasteiger partial charge >= 0.3 is 6.09 Å². The Morgan fingerprint density at radius 2 is 1.81 bits per heavy atom. The molecule has 0 unspecified atom stereocenters. The van der Waals surface area contributed by atoms with E-state index in [-0.39, 0.29) is 5.91 Å². The Labute approximate surface area is 284 Å². The molecule has 1 aromatic heterocycles. The molecule has 11 heteroatoms. The lowest BCUT2D eigenvalue weighted by Gasteiger charge is -2.47. The number of piperidine rings is 1. The number of nitrogens with zero attached hydrogens (tertiary/aromatic N) is 5. The van der Waals surface area contributed by atoms with Crippen LogP contribution in [0.2, 0.25) is 5.02 Å². The topological polar surface area (TPSA) is 102 Å². The molecule has 0 saturated carbocycles. The highest BCUT2D eigenvalue weighted by Gasteiger charge is 2.35. The highest BCUT2D eigenvalue weighted by molar-refractivity contribution is 6.33. The standard InChI is InChI=1S/C36H48ClN7O3/c1-7-28-24-43(32-30(37)22-27(23-40-32)31-38-16-17-39-31)20-21-44(28)29-13-18-42(19-14-29)33(45)26-10-8-25(9-11-26)12-15-36(5,6)41-34(46)47-35(2,3)4/h8-11,22-23,28-29H,7,13-14,16-21,24H2,1-6H3,(H,38,39)(H,41,46)/t28-/m0/s1. The average molecular weight is 662 g/mol. The smallest absolute Gasteiger partial charge is 0.408 e. The largest absolute Gasteiger partial charge is 0.444 e. The number of halogens is 1. The summed E-state index contributed by atoms with van der Waals surface area (Å²) in [5.74, 6) is 7.96. The summed E-state index contributed by atoms with van der Waals surface area (Å²) >= 11 is 6.73. The Bertz CT molecular complexity index is 1530. The number of nitrogens with one attached hydrogen (secondary N) is 2. The molecular formula is C36H48ClN7O3. The lowest BCUT2D eigenvalue weighted by atomic mass is 9.97. The Morgan fingerprint density at radius 1 is 1.09 bits per heavy atom. The Kier molecular flexibility index (Phi) is 10.7. The minimum Gasteiger partial charge on any atom is -0.444 e. The van der Waals surface area contributed by atoms with E-state index in [0.717, 1.165) is 87.9 Å². The van der Waals surface area contributed by atoms with Gasteiger partial charge in [-0.2, -0.15) is 0 Å². The summed E-state index contributed by atoms with van der Waals surface area (Å²) < 4.78 is 5.34. The van der Waals surface area contributed by atoms with Crippen molar-refractivity contribution >= 4 is 35.3 Å². The fourth-order valence-corrected chi connectivity index (χ4v) is 6.67. The molecule has 5 rings (SSSR count). The van der Waals surface area contributed by atoms with Crippen molar-refractivity contribution in [1.82, 2.24) is 25.4 Å². The first kappa shape index (κ1) is 34.5. The van der Waals surface area contributed by atoms with Crippen LogP contribution in [0.25, 0.3) is 0 Å². The average Bonchev–Trinajstić information content (AvgIpc) is 3.58. The van der Waals surface area contributed by atoms with Crippen molar-refractivity contribution in [2.24, 2.45) is 4.99 Å². The molecule has 0 radical (unpaired) electrons. The van der Waals surface area contributed by atoms with Gasteiger partial charge in [0, 0.05) is 74.2 Å². The Hall–Kier alpha value is -3.81. The molecule has 47 heavy (non-hydrogen) atoms.